The summed E-state index contributed by atoms with van der Waals surface area (Å²) in [5.41, 5.74) is 0. The van der Waals surface area contributed by atoms with E-state index >= 15 is 0 Å². The lowest BCUT2D eigenvalue weighted by molar-refractivity contribution is -0.0806. The maximum absolute atomic E-state index is 6.11. The molecule has 0 aromatic rings. The fraction of sp³-hybridized carbons (Fsp3) is 0.818. The molecule has 1 atom stereocenters. The molecule has 0 bridgehead atoms. The summed E-state index contributed by atoms with van der Waals surface area (Å²) < 4.78 is 11.6. The average Bonchev–Trinajstić information content (AvgIpc) is 2.03. The zero-order valence-electron chi connectivity index (χ0n) is 9.96. The molecular formula is C11H22O2Si. The first-order valence-corrected chi connectivity index (χ1v) is 8.18. The molecule has 0 amide bonds. The van der Waals surface area contributed by atoms with E-state index in [0.29, 0.717) is 6.61 Å². The lowest BCUT2D eigenvalue weighted by Crippen LogP contribution is -2.44. The van der Waals surface area contributed by atoms with Gasteiger partial charge in [0.15, 0.2) is 14.6 Å². The molecule has 82 valence electrons. The summed E-state index contributed by atoms with van der Waals surface area (Å²) in [5.74, 6) is 0. The molecule has 3 heteroatoms. The van der Waals surface area contributed by atoms with E-state index in [1.807, 2.05) is 6.08 Å². The molecule has 0 saturated carbocycles. The zero-order valence-corrected chi connectivity index (χ0v) is 11.0. The summed E-state index contributed by atoms with van der Waals surface area (Å²) >= 11 is 0. The van der Waals surface area contributed by atoms with Gasteiger partial charge in [-0.2, -0.15) is 0 Å². The highest BCUT2D eigenvalue weighted by molar-refractivity contribution is 6.74. The predicted octanol–water partition coefficient (Wildman–Crippen LogP) is 3.31. The molecule has 0 saturated heterocycles. The molecular weight excluding hydrogens is 192 g/mol. The third kappa shape index (κ3) is 2.94. The molecule has 0 radical (unpaired) electrons. The van der Waals surface area contributed by atoms with Gasteiger partial charge in [-0.15, -0.1) is 0 Å². The quantitative estimate of drug-likeness (QED) is 0.518. The topological polar surface area (TPSA) is 18.5 Å². The summed E-state index contributed by atoms with van der Waals surface area (Å²) in [7, 11) is -1.65. The molecule has 1 aliphatic heterocycles. The lowest BCUT2D eigenvalue weighted by atomic mass is 10.2. The van der Waals surface area contributed by atoms with Gasteiger partial charge in [-0.25, -0.2) is 0 Å². The number of rotatable bonds is 2. The highest BCUT2D eigenvalue weighted by atomic mass is 28.4. The van der Waals surface area contributed by atoms with E-state index in [4.69, 9.17) is 9.16 Å². The molecule has 1 unspecified atom stereocenters. The second kappa shape index (κ2) is 4.17. The van der Waals surface area contributed by atoms with Crippen LogP contribution in [0.2, 0.25) is 18.1 Å². The van der Waals surface area contributed by atoms with E-state index in [0.717, 1.165) is 6.42 Å². The maximum atomic E-state index is 6.11. The largest absolute Gasteiger partial charge is 0.392 e. The first-order valence-electron chi connectivity index (χ1n) is 5.27. The van der Waals surface area contributed by atoms with Crippen LogP contribution in [-0.2, 0) is 9.16 Å². The van der Waals surface area contributed by atoms with Gasteiger partial charge in [0, 0.05) is 6.42 Å². The van der Waals surface area contributed by atoms with Gasteiger partial charge in [0.05, 0.1) is 6.61 Å². The highest BCUT2D eigenvalue weighted by Gasteiger charge is 2.39. The van der Waals surface area contributed by atoms with E-state index in [-0.39, 0.29) is 11.3 Å². The predicted molar refractivity (Wildman–Crippen MR) is 61.8 cm³/mol. The first kappa shape index (κ1) is 11.9. The summed E-state index contributed by atoms with van der Waals surface area (Å²) in [6.45, 7) is 12.0. The Morgan fingerprint density at radius 3 is 2.36 bits per heavy atom. The van der Waals surface area contributed by atoms with Gasteiger partial charge in [-0.3, -0.25) is 0 Å². The molecule has 2 nitrogen and oxygen atoms in total. The van der Waals surface area contributed by atoms with E-state index in [1.54, 1.807) is 0 Å². The zero-order chi connectivity index (χ0) is 10.8. The molecule has 1 rings (SSSR count). The van der Waals surface area contributed by atoms with Crippen LogP contribution < -0.4 is 0 Å². The average molecular weight is 214 g/mol. The van der Waals surface area contributed by atoms with Crippen LogP contribution >= 0.6 is 0 Å². The molecule has 1 heterocycles. The molecule has 1 aliphatic rings. The van der Waals surface area contributed by atoms with Crippen LogP contribution in [0.15, 0.2) is 12.2 Å². The Balaban J connectivity index is 2.54. The van der Waals surface area contributed by atoms with Crippen molar-refractivity contribution in [3.8, 4) is 0 Å². The third-order valence-electron chi connectivity index (χ3n) is 3.11. The van der Waals surface area contributed by atoms with Crippen LogP contribution in [0.3, 0.4) is 0 Å². The third-order valence-corrected chi connectivity index (χ3v) is 7.57. The number of hydrogen-bond donors (Lipinski definition) is 0. The lowest BCUT2D eigenvalue weighted by Gasteiger charge is -2.39. The minimum atomic E-state index is -1.65. The Hall–Kier alpha value is -0.123. The minimum Gasteiger partial charge on any atom is -0.392 e. The van der Waals surface area contributed by atoms with Gasteiger partial charge in [0.2, 0.25) is 0 Å². The van der Waals surface area contributed by atoms with Crippen molar-refractivity contribution in [1.82, 2.24) is 0 Å². The normalized spacial score (nSPS) is 23.9. The Morgan fingerprint density at radius 2 is 1.93 bits per heavy atom. The van der Waals surface area contributed by atoms with Crippen molar-refractivity contribution in [3.63, 3.8) is 0 Å². The Bertz CT molecular complexity index is 216. The van der Waals surface area contributed by atoms with Gasteiger partial charge in [-0.05, 0) is 18.1 Å². The summed E-state index contributed by atoms with van der Waals surface area (Å²) in [6, 6.07) is 0. The van der Waals surface area contributed by atoms with Crippen LogP contribution in [0.1, 0.15) is 27.2 Å². The van der Waals surface area contributed by atoms with E-state index in [9.17, 15) is 0 Å². The van der Waals surface area contributed by atoms with Crippen molar-refractivity contribution in [2.24, 2.45) is 0 Å². The first-order chi connectivity index (χ1) is 6.33. The van der Waals surface area contributed by atoms with E-state index < -0.39 is 8.32 Å². The summed E-state index contributed by atoms with van der Waals surface area (Å²) in [5, 5.41) is 0.261. The van der Waals surface area contributed by atoms with Crippen LogP contribution in [0.25, 0.3) is 0 Å². The SMILES string of the molecule is CC(C)(C)[Si](C)(C)OC1CC=CCO1. The van der Waals surface area contributed by atoms with E-state index in [1.165, 1.54) is 0 Å². The fourth-order valence-electron chi connectivity index (χ4n) is 1.09. The molecule has 0 fully saturated rings. The van der Waals surface area contributed by atoms with Crippen LogP contribution in [0.4, 0.5) is 0 Å². The molecule has 0 spiro atoms. The second-order valence-corrected chi connectivity index (χ2v) is 10.1. The van der Waals surface area contributed by atoms with Crippen LogP contribution in [-0.4, -0.2) is 21.2 Å². The molecule has 0 N–H and O–H groups in total. The Morgan fingerprint density at radius 1 is 1.29 bits per heavy atom. The van der Waals surface area contributed by atoms with Crippen molar-refractivity contribution in [2.75, 3.05) is 6.61 Å². The van der Waals surface area contributed by atoms with Crippen molar-refractivity contribution >= 4 is 8.32 Å². The Labute approximate surface area is 88.4 Å². The van der Waals surface area contributed by atoms with Crippen molar-refractivity contribution < 1.29 is 9.16 Å². The maximum Gasteiger partial charge on any atom is 0.195 e. The fourth-order valence-corrected chi connectivity index (χ4v) is 2.27. The summed E-state index contributed by atoms with van der Waals surface area (Å²) in [4.78, 5) is 0. The molecule has 14 heavy (non-hydrogen) atoms. The van der Waals surface area contributed by atoms with Crippen molar-refractivity contribution in [2.45, 2.75) is 51.6 Å². The number of hydrogen-bond acceptors (Lipinski definition) is 2. The van der Waals surface area contributed by atoms with Gasteiger partial charge in [0.1, 0.15) is 0 Å². The van der Waals surface area contributed by atoms with Crippen LogP contribution in [0, 0.1) is 0 Å². The number of ether oxygens (including phenoxy) is 1. The molecule has 0 aliphatic carbocycles. The standard InChI is InChI=1S/C11H22O2Si/c1-11(2,3)14(4,5)13-10-8-6-7-9-12-10/h6-7,10H,8-9H2,1-5H3. The van der Waals surface area contributed by atoms with Gasteiger partial charge < -0.3 is 9.16 Å². The summed E-state index contributed by atoms with van der Waals surface area (Å²) in [6.07, 6.45) is 5.07. The van der Waals surface area contributed by atoms with Crippen molar-refractivity contribution in [3.05, 3.63) is 12.2 Å². The van der Waals surface area contributed by atoms with Gasteiger partial charge >= 0.3 is 0 Å². The van der Waals surface area contributed by atoms with Gasteiger partial charge in [0.25, 0.3) is 0 Å². The van der Waals surface area contributed by atoms with E-state index in [2.05, 4.69) is 39.9 Å². The van der Waals surface area contributed by atoms with Crippen LogP contribution in [0.5, 0.6) is 0 Å². The minimum absolute atomic E-state index is 0.0131. The Kier molecular flexibility index (Phi) is 3.56. The smallest absolute Gasteiger partial charge is 0.195 e. The highest BCUT2D eigenvalue weighted by Crippen LogP contribution is 2.37. The second-order valence-electron chi connectivity index (χ2n) is 5.35. The molecule has 0 aromatic heterocycles. The van der Waals surface area contributed by atoms with Gasteiger partial charge in [-0.1, -0.05) is 32.9 Å². The van der Waals surface area contributed by atoms with Crippen molar-refractivity contribution in [1.29, 1.82) is 0 Å². The molecule has 0 aromatic carbocycles. The monoisotopic (exact) mass is 214 g/mol.